The fourth-order valence-corrected chi connectivity index (χ4v) is 1.69. The van der Waals surface area contributed by atoms with Crippen molar-refractivity contribution in [2.24, 2.45) is 0 Å². The first-order chi connectivity index (χ1) is 5.29. The molecular weight excluding hydrogens is 177 g/mol. The van der Waals surface area contributed by atoms with E-state index in [0.717, 1.165) is 6.42 Å². The minimum atomic E-state index is 0. The molecule has 0 aliphatic heterocycles. The standard InChI is InChI=1S/C11H12.Sc/c1-8-6-7-9(2)11-5-3-4-10(8)11;/h3-4,6-7H,5H2,1-2H3;. The number of benzene rings is 1. The first-order valence-corrected chi connectivity index (χ1v) is 4.04. The van der Waals surface area contributed by atoms with E-state index in [2.05, 4.69) is 38.1 Å². The van der Waals surface area contributed by atoms with Crippen molar-refractivity contribution in [1.82, 2.24) is 0 Å². The van der Waals surface area contributed by atoms with Crippen molar-refractivity contribution in [1.29, 1.82) is 0 Å². The third kappa shape index (κ3) is 1.47. The van der Waals surface area contributed by atoms with E-state index >= 15 is 0 Å². The van der Waals surface area contributed by atoms with E-state index in [4.69, 9.17) is 0 Å². The number of hydrogen-bond donors (Lipinski definition) is 0. The molecular formula is C11H12Sc. The van der Waals surface area contributed by atoms with Crippen LogP contribution in [0.5, 0.6) is 0 Å². The topological polar surface area (TPSA) is 0 Å². The molecule has 0 aromatic heterocycles. The van der Waals surface area contributed by atoms with Gasteiger partial charge in [0, 0.05) is 25.8 Å². The van der Waals surface area contributed by atoms with Gasteiger partial charge in [0.25, 0.3) is 0 Å². The number of rotatable bonds is 0. The average Bonchev–Trinajstić information content (AvgIpc) is 2.45. The van der Waals surface area contributed by atoms with Gasteiger partial charge in [0.15, 0.2) is 0 Å². The third-order valence-corrected chi connectivity index (χ3v) is 2.42. The van der Waals surface area contributed by atoms with Gasteiger partial charge in [0.05, 0.1) is 0 Å². The van der Waals surface area contributed by atoms with Crippen LogP contribution in [0.15, 0.2) is 18.2 Å². The largest absolute Gasteiger partial charge is 0.0795 e. The van der Waals surface area contributed by atoms with Gasteiger partial charge in [-0.1, -0.05) is 24.3 Å². The van der Waals surface area contributed by atoms with Crippen molar-refractivity contribution in [3.05, 3.63) is 40.5 Å². The summed E-state index contributed by atoms with van der Waals surface area (Å²) in [6.45, 7) is 4.36. The Morgan fingerprint density at radius 1 is 1.08 bits per heavy atom. The molecule has 1 aliphatic carbocycles. The first kappa shape index (κ1) is 9.91. The molecule has 0 saturated heterocycles. The molecule has 1 heteroatoms. The molecule has 0 fully saturated rings. The molecule has 0 amide bonds. The zero-order valence-electron chi connectivity index (χ0n) is 7.59. The summed E-state index contributed by atoms with van der Waals surface area (Å²) in [6.07, 6.45) is 5.60. The molecule has 0 heterocycles. The summed E-state index contributed by atoms with van der Waals surface area (Å²) in [6, 6.07) is 4.41. The van der Waals surface area contributed by atoms with Gasteiger partial charge in [-0.25, -0.2) is 0 Å². The molecule has 1 aliphatic rings. The van der Waals surface area contributed by atoms with Crippen LogP contribution in [-0.4, -0.2) is 0 Å². The second-order valence-electron chi connectivity index (χ2n) is 3.20. The van der Waals surface area contributed by atoms with Crippen LogP contribution in [0.2, 0.25) is 0 Å². The van der Waals surface area contributed by atoms with Crippen molar-refractivity contribution in [2.75, 3.05) is 0 Å². The molecule has 0 nitrogen and oxygen atoms in total. The zero-order chi connectivity index (χ0) is 7.84. The van der Waals surface area contributed by atoms with Crippen molar-refractivity contribution < 1.29 is 25.8 Å². The summed E-state index contributed by atoms with van der Waals surface area (Å²) < 4.78 is 0. The van der Waals surface area contributed by atoms with Gasteiger partial charge in [0.1, 0.15) is 0 Å². The Bertz CT molecular complexity index is 324. The van der Waals surface area contributed by atoms with E-state index in [1.165, 1.54) is 22.3 Å². The van der Waals surface area contributed by atoms with Crippen LogP contribution in [-0.2, 0) is 32.3 Å². The maximum atomic E-state index is 2.24. The third-order valence-electron chi connectivity index (χ3n) is 2.42. The Kier molecular flexibility index (Phi) is 3.05. The molecule has 1 aromatic rings. The van der Waals surface area contributed by atoms with E-state index < -0.39 is 0 Å². The maximum Gasteiger partial charge on any atom is 0 e. The second-order valence-corrected chi connectivity index (χ2v) is 3.20. The van der Waals surface area contributed by atoms with Crippen molar-refractivity contribution in [3.8, 4) is 0 Å². The van der Waals surface area contributed by atoms with Gasteiger partial charge in [-0.05, 0) is 42.5 Å². The molecule has 0 unspecified atom stereocenters. The molecule has 0 saturated carbocycles. The summed E-state index contributed by atoms with van der Waals surface area (Å²) in [5.41, 5.74) is 5.80. The quantitative estimate of drug-likeness (QED) is 0.588. The smallest absolute Gasteiger partial charge is 0 e. The molecule has 2 rings (SSSR count). The molecule has 1 aromatic carbocycles. The van der Waals surface area contributed by atoms with Crippen LogP contribution in [0, 0.1) is 13.8 Å². The minimum absolute atomic E-state index is 0. The fourth-order valence-electron chi connectivity index (χ4n) is 1.69. The molecule has 0 atom stereocenters. The van der Waals surface area contributed by atoms with E-state index in [9.17, 15) is 0 Å². The Balaban J connectivity index is 0.000000720. The van der Waals surface area contributed by atoms with Gasteiger partial charge < -0.3 is 0 Å². The van der Waals surface area contributed by atoms with Crippen LogP contribution in [0.1, 0.15) is 22.3 Å². The second kappa shape index (κ2) is 3.69. The van der Waals surface area contributed by atoms with Crippen LogP contribution >= 0.6 is 0 Å². The molecule has 59 valence electrons. The zero-order valence-corrected chi connectivity index (χ0v) is 9.40. The van der Waals surface area contributed by atoms with E-state index in [0.29, 0.717) is 0 Å². The predicted molar refractivity (Wildman–Crippen MR) is 48.7 cm³/mol. The average molecular weight is 189 g/mol. The Morgan fingerprint density at radius 3 is 2.42 bits per heavy atom. The van der Waals surface area contributed by atoms with Crippen LogP contribution in [0.3, 0.4) is 0 Å². The van der Waals surface area contributed by atoms with Gasteiger partial charge in [0.2, 0.25) is 0 Å². The minimum Gasteiger partial charge on any atom is -0.0795 e. The monoisotopic (exact) mass is 189 g/mol. The van der Waals surface area contributed by atoms with E-state index in [-0.39, 0.29) is 25.8 Å². The summed E-state index contributed by atoms with van der Waals surface area (Å²) in [7, 11) is 0. The summed E-state index contributed by atoms with van der Waals surface area (Å²) >= 11 is 0. The molecule has 0 spiro atoms. The Hall–Kier alpha value is -0.170. The van der Waals surface area contributed by atoms with Crippen molar-refractivity contribution in [2.45, 2.75) is 20.3 Å². The van der Waals surface area contributed by atoms with E-state index in [1.807, 2.05) is 0 Å². The van der Waals surface area contributed by atoms with Gasteiger partial charge in [-0.15, -0.1) is 0 Å². The normalized spacial score (nSPS) is 12.5. The van der Waals surface area contributed by atoms with Crippen LogP contribution in [0.25, 0.3) is 6.08 Å². The first-order valence-electron chi connectivity index (χ1n) is 4.04. The maximum absolute atomic E-state index is 2.24. The van der Waals surface area contributed by atoms with Crippen LogP contribution < -0.4 is 0 Å². The van der Waals surface area contributed by atoms with Gasteiger partial charge in [-0.2, -0.15) is 0 Å². The van der Waals surface area contributed by atoms with Gasteiger partial charge >= 0.3 is 0 Å². The molecule has 0 N–H and O–H groups in total. The SMILES string of the molecule is Cc1ccc(C)c2c1C=CC2.[Sc]. The van der Waals surface area contributed by atoms with Crippen LogP contribution in [0.4, 0.5) is 0 Å². The van der Waals surface area contributed by atoms with Crippen molar-refractivity contribution >= 4 is 6.08 Å². The number of fused-ring (bicyclic) bond motifs is 1. The predicted octanol–water partition coefficient (Wildman–Crippen LogP) is 2.87. The summed E-state index contributed by atoms with van der Waals surface area (Å²) in [4.78, 5) is 0. The Labute approximate surface area is 92.5 Å². The Morgan fingerprint density at radius 2 is 1.75 bits per heavy atom. The molecule has 1 radical (unpaired) electrons. The van der Waals surface area contributed by atoms with E-state index in [1.54, 1.807) is 0 Å². The summed E-state index contributed by atoms with van der Waals surface area (Å²) in [5.74, 6) is 0. The number of allylic oxidation sites excluding steroid dienone is 1. The molecule has 0 bridgehead atoms. The van der Waals surface area contributed by atoms with Gasteiger partial charge in [-0.3, -0.25) is 0 Å². The number of hydrogen-bond acceptors (Lipinski definition) is 0. The summed E-state index contributed by atoms with van der Waals surface area (Å²) in [5, 5.41) is 0. The van der Waals surface area contributed by atoms with Crippen molar-refractivity contribution in [3.63, 3.8) is 0 Å². The number of aryl methyl sites for hydroxylation is 2. The fraction of sp³-hybridized carbons (Fsp3) is 0.273. The molecule has 12 heavy (non-hydrogen) atoms.